The standard InChI is InChI=1S/C18H25F2N3O3/c1-2-7-21-16(24)13-22-8-10-23(11-9-22)17(25)12-14-3-5-15(6-4-14)26-18(19)20/h3-6,18H,2,7-13H2,1H3,(H,21,24). The third-order valence-corrected chi connectivity index (χ3v) is 4.17. The fourth-order valence-corrected chi connectivity index (χ4v) is 2.75. The highest BCUT2D eigenvalue weighted by Crippen LogP contribution is 2.16. The van der Waals surface area contributed by atoms with Crippen molar-refractivity contribution in [3.05, 3.63) is 29.8 Å². The summed E-state index contributed by atoms with van der Waals surface area (Å²) in [6.07, 6.45) is 1.12. The van der Waals surface area contributed by atoms with E-state index in [2.05, 4.69) is 10.1 Å². The Kier molecular flexibility index (Phi) is 7.77. The van der Waals surface area contributed by atoms with E-state index in [1.54, 1.807) is 17.0 Å². The van der Waals surface area contributed by atoms with Gasteiger partial charge in [0.15, 0.2) is 0 Å². The first-order valence-electron chi connectivity index (χ1n) is 8.78. The molecule has 1 aromatic carbocycles. The number of carbonyl (C=O) groups is 2. The van der Waals surface area contributed by atoms with E-state index in [0.717, 1.165) is 12.0 Å². The molecule has 0 atom stereocenters. The van der Waals surface area contributed by atoms with Gasteiger partial charge in [-0.05, 0) is 24.1 Å². The number of amides is 2. The van der Waals surface area contributed by atoms with Crippen molar-refractivity contribution in [2.45, 2.75) is 26.4 Å². The fourth-order valence-electron chi connectivity index (χ4n) is 2.75. The van der Waals surface area contributed by atoms with Crippen LogP contribution in [0.25, 0.3) is 0 Å². The molecule has 1 aliphatic heterocycles. The zero-order valence-corrected chi connectivity index (χ0v) is 14.9. The van der Waals surface area contributed by atoms with Gasteiger partial charge in [-0.25, -0.2) is 0 Å². The van der Waals surface area contributed by atoms with Crippen molar-refractivity contribution >= 4 is 11.8 Å². The maximum Gasteiger partial charge on any atom is 0.387 e. The van der Waals surface area contributed by atoms with Crippen LogP contribution < -0.4 is 10.1 Å². The minimum absolute atomic E-state index is 0.0115. The number of nitrogens with zero attached hydrogens (tertiary/aromatic N) is 2. The molecule has 1 heterocycles. The van der Waals surface area contributed by atoms with Crippen LogP contribution in [0.5, 0.6) is 5.75 Å². The Labute approximate surface area is 152 Å². The lowest BCUT2D eigenvalue weighted by Crippen LogP contribution is -2.51. The second kappa shape index (κ2) is 10.1. The van der Waals surface area contributed by atoms with E-state index >= 15 is 0 Å². The van der Waals surface area contributed by atoms with E-state index in [1.807, 2.05) is 11.8 Å². The largest absolute Gasteiger partial charge is 0.435 e. The second-order valence-corrected chi connectivity index (χ2v) is 6.21. The molecule has 1 aromatic rings. The number of ether oxygens (including phenoxy) is 1. The highest BCUT2D eigenvalue weighted by atomic mass is 19.3. The molecule has 144 valence electrons. The Morgan fingerprint density at radius 1 is 1.15 bits per heavy atom. The van der Waals surface area contributed by atoms with Crippen molar-refractivity contribution in [3.63, 3.8) is 0 Å². The van der Waals surface area contributed by atoms with Gasteiger partial charge < -0.3 is 15.0 Å². The summed E-state index contributed by atoms with van der Waals surface area (Å²) in [5.74, 6) is 0.0755. The molecular weight excluding hydrogens is 344 g/mol. The Morgan fingerprint density at radius 3 is 2.38 bits per heavy atom. The number of halogens is 2. The van der Waals surface area contributed by atoms with Crippen LogP contribution in [0.2, 0.25) is 0 Å². The Bertz CT molecular complexity index is 588. The Morgan fingerprint density at radius 2 is 1.81 bits per heavy atom. The predicted molar refractivity (Wildman–Crippen MR) is 93.1 cm³/mol. The van der Waals surface area contributed by atoms with Gasteiger partial charge in [0.25, 0.3) is 0 Å². The molecule has 0 radical (unpaired) electrons. The first kappa shape index (κ1) is 20.1. The third-order valence-electron chi connectivity index (χ3n) is 4.17. The van der Waals surface area contributed by atoms with Gasteiger partial charge in [0.05, 0.1) is 13.0 Å². The van der Waals surface area contributed by atoms with E-state index in [4.69, 9.17) is 0 Å². The maximum atomic E-state index is 12.4. The topological polar surface area (TPSA) is 61.9 Å². The maximum absolute atomic E-state index is 12.4. The molecule has 6 nitrogen and oxygen atoms in total. The van der Waals surface area contributed by atoms with Crippen LogP contribution in [-0.4, -0.2) is 67.5 Å². The average molecular weight is 369 g/mol. The smallest absolute Gasteiger partial charge is 0.387 e. The summed E-state index contributed by atoms with van der Waals surface area (Å²) in [4.78, 5) is 27.9. The highest BCUT2D eigenvalue weighted by molar-refractivity contribution is 5.79. The molecule has 0 aromatic heterocycles. The molecule has 26 heavy (non-hydrogen) atoms. The molecule has 1 saturated heterocycles. The zero-order chi connectivity index (χ0) is 18.9. The summed E-state index contributed by atoms with van der Waals surface area (Å²) < 4.78 is 28.6. The number of rotatable bonds is 8. The first-order chi connectivity index (χ1) is 12.5. The second-order valence-electron chi connectivity index (χ2n) is 6.21. The lowest BCUT2D eigenvalue weighted by Gasteiger charge is -2.34. The quantitative estimate of drug-likeness (QED) is 0.754. The molecule has 2 rings (SSSR count). The van der Waals surface area contributed by atoms with Crippen LogP contribution in [0.4, 0.5) is 8.78 Å². The van der Waals surface area contributed by atoms with Crippen molar-refractivity contribution in [3.8, 4) is 5.75 Å². The van der Waals surface area contributed by atoms with Crippen LogP contribution in [0.15, 0.2) is 24.3 Å². The molecule has 1 aliphatic rings. The van der Waals surface area contributed by atoms with Crippen LogP contribution in [0, 0.1) is 0 Å². The van der Waals surface area contributed by atoms with Crippen molar-refractivity contribution in [2.24, 2.45) is 0 Å². The lowest BCUT2D eigenvalue weighted by molar-refractivity contribution is -0.132. The molecule has 1 N–H and O–H groups in total. The Balaban J connectivity index is 1.75. The van der Waals surface area contributed by atoms with E-state index < -0.39 is 6.61 Å². The number of piperazine rings is 1. The van der Waals surface area contributed by atoms with Crippen LogP contribution >= 0.6 is 0 Å². The zero-order valence-electron chi connectivity index (χ0n) is 14.9. The van der Waals surface area contributed by atoms with Crippen LogP contribution in [0.1, 0.15) is 18.9 Å². The number of benzene rings is 1. The monoisotopic (exact) mass is 369 g/mol. The van der Waals surface area contributed by atoms with Crippen LogP contribution in [-0.2, 0) is 16.0 Å². The van der Waals surface area contributed by atoms with E-state index in [1.165, 1.54) is 12.1 Å². The average Bonchev–Trinajstić information content (AvgIpc) is 2.61. The van der Waals surface area contributed by atoms with Crippen LogP contribution in [0.3, 0.4) is 0 Å². The minimum Gasteiger partial charge on any atom is -0.435 e. The number of hydrogen-bond donors (Lipinski definition) is 1. The van der Waals surface area contributed by atoms with Gasteiger partial charge in [-0.2, -0.15) is 8.78 Å². The molecule has 1 fully saturated rings. The van der Waals surface area contributed by atoms with Crippen molar-refractivity contribution in [1.29, 1.82) is 0 Å². The molecular formula is C18H25F2N3O3. The molecule has 2 amide bonds. The summed E-state index contributed by atoms with van der Waals surface area (Å²) in [6, 6.07) is 6.09. The fraction of sp³-hybridized carbons (Fsp3) is 0.556. The summed E-state index contributed by atoms with van der Waals surface area (Å²) in [5.41, 5.74) is 0.748. The molecule has 0 unspecified atom stereocenters. The highest BCUT2D eigenvalue weighted by Gasteiger charge is 2.22. The number of hydrogen-bond acceptors (Lipinski definition) is 4. The summed E-state index contributed by atoms with van der Waals surface area (Å²) >= 11 is 0. The lowest BCUT2D eigenvalue weighted by atomic mass is 10.1. The number of nitrogens with one attached hydrogen (secondary N) is 1. The molecule has 0 bridgehead atoms. The summed E-state index contributed by atoms with van der Waals surface area (Å²) in [7, 11) is 0. The summed E-state index contributed by atoms with van der Waals surface area (Å²) in [5, 5.41) is 2.84. The van der Waals surface area contributed by atoms with Gasteiger partial charge in [-0.1, -0.05) is 19.1 Å². The first-order valence-corrected chi connectivity index (χ1v) is 8.78. The van der Waals surface area contributed by atoms with E-state index in [0.29, 0.717) is 39.3 Å². The predicted octanol–water partition coefficient (Wildman–Crippen LogP) is 1.50. The van der Waals surface area contributed by atoms with Gasteiger partial charge in [0.1, 0.15) is 5.75 Å². The van der Waals surface area contributed by atoms with Crippen molar-refractivity contribution < 1.29 is 23.1 Å². The minimum atomic E-state index is -2.86. The number of carbonyl (C=O) groups excluding carboxylic acids is 2. The normalized spacial score (nSPS) is 15.2. The SMILES string of the molecule is CCCNC(=O)CN1CCN(C(=O)Cc2ccc(OC(F)F)cc2)CC1. The van der Waals surface area contributed by atoms with Gasteiger partial charge >= 0.3 is 6.61 Å². The summed E-state index contributed by atoms with van der Waals surface area (Å²) in [6.45, 7) is 2.65. The third kappa shape index (κ3) is 6.59. The van der Waals surface area contributed by atoms with Gasteiger partial charge in [-0.3, -0.25) is 14.5 Å². The molecule has 0 spiro atoms. The van der Waals surface area contributed by atoms with Gasteiger partial charge in [-0.15, -0.1) is 0 Å². The van der Waals surface area contributed by atoms with E-state index in [-0.39, 0.29) is 24.0 Å². The van der Waals surface area contributed by atoms with E-state index in [9.17, 15) is 18.4 Å². The van der Waals surface area contributed by atoms with Gasteiger partial charge in [0, 0.05) is 32.7 Å². The molecule has 0 saturated carbocycles. The molecule has 0 aliphatic carbocycles. The van der Waals surface area contributed by atoms with Crippen molar-refractivity contribution in [1.82, 2.24) is 15.1 Å². The van der Waals surface area contributed by atoms with Gasteiger partial charge in [0.2, 0.25) is 11.8 Å². The van der Waals surface area contributed by atoms with Crippen molar-refractivity contribution in [2.75, 3.05) is 39.3 Å². The Hall–Kier alpha value is -2.22. The molecule has 8 heteroatoms. The number of alkyl halides is 2.